The molecule has 0 radical (unpaired) electrons. The maximum Gasteiger partial charge on any atom is 0.315 e. The Hall–Kier alpha value is -2.22. The van der Waals surface area contributed by atoms with Crippen LogP contribution in [0.2, 0.25) is 0 Å². The number of nitrogens with one attached hydrogen (secondary N) is 2. The van der Waals surface area contributed by atoms with E-state index in [4.69, 9.17) is 4.52 Å². The zero-order chi connectivity index (χ0) is 16.2. The summed E-state index contributed by atoms with van der Waals surface area (Å²) in [6.07, 6.45) is 2.09. The number of rotatable bonds is 6. The standard InChI is InChI=1S/C15H15BrN4O3/c16-11-4-2-1-3-10(11)13(21)17-7-8-18-14(22)15-19-12(20-23-15)9-5-6-9/h1-4,9H,5-8H2,(H,17,21)(H,18,22). The molecule has 0 spiro atoms. The van der Waals surface area contributed by atoms with Gasteiger partial charge in [0, 0.05) is 23.5 Å². The molecular formula is C15H15BrN4O3. The van der Waals surface area contributed by atoms with Gasteiger partial charge in [-0.1, -0.05) is 17.3 Å². The van der Waals surface area contributed by atoms with Crippen molar-refractivity contribution < 1.29 is 14.1 Å². The molecule has 2 amide bonds. The van der Waals surface area contributed by atoms with E-state index in [0.717, 1.165) is 17.3 Å². The minimum Gasteiger partial charge on any atom is -0.350 e. The van der Waals surface area contributed by atoms with E-state index in [1.807, 2.05) is 6.07 Å². The first-order chi connectivity index (χ1) is 11.1. The fraction of sp³-hybridized carbons (Fsp3) is 0.333. The molecule has 1 aliphatic rings. The van der Waals surface area contributed by atoms with Gasteiger partial charge < -0.3 is 15.2 Å². The van der Waals surface area contributed by atoms with Crippen LogP contribution in [0.5, 0.6) is 0 Å². The maximum absolute atomic E-state index is 12.0. The molecule has 1 aliphatic carbocycles. The van der Waals surface area contributed by atoms with Crippen molar-refractivity contribution in [3.05, 3.63) is 46.0 Å². The molecule has 1 aromatic carbocycles. The topological polar surface area (TPSA) is 97.1 Å². The van der Waals surface area contributed by atoms with Crippen LogP contribution >= 0.6 is 15.9 Å². The molecule has 1 heterocycles. The first-order valence-corrected chi connectivity index (χ1v) is 8.09. The third-order valence-corrected chi connectivity index (χ3v) is 4.08. The highest BCUT2D eigenvalue weighted by Crippen LogP contribution is 2.37. The van der Waals surface area contributed by atoms with Gasteiger partial charge in [0.2, 0.25) is 0 Å². The lowest BCUT2D eigenvalue weighted by Crippen LogP contribution is -2.34. The molecule has 1 fully saturated rings. The van der Waals surface area contributed by atoms with Crippen LogP contribution in [0.15, 0.2) is 33.3 Å². The SMILES string of the molecule is O=C(NCCNC(=O)c1ccccc1Br)c1nc(C2CC2)no1. The third-order valence-electron chi connectivity index (χ3n) is 3.39. The van der Waals surface area contributed by atoms with Gasteiger partial charge >= 0.3 is 11.8 Å². The van der Waals surface area contributed by atoms with E-state index in [9.17, 15) is 9.59 Å². The predicted molar refractivity (Wildman–Crippen MR) is 85.1 cm³/mol. The van der Waals surface area contributed by atoms with E-state index < -0.39 is 5.91 Å². The molecule has 8 heteroatoms. The Labute approximate surface area is 141 Å². The van der Waals surface area contributed by atoms with Gasteiger partial charge in [-0.3, -0.25) is 9.59 Å². The first-order valence-electron chi connectivity index (χ1n) is 7.29. The Balaban J connectivity index is 1.43. The Kier molecular flexibility index (Phi) is 4.71. The lowest BCUT2D eigenvalue weighted by Gasteiger charge is -2.07. The van der Waals surface area contributed by atoms with Crippen molar-refractivity contribution in [1.82, 2.24) is 20.8 Å². The summed E-state index contributed by atoms with van der Waals surface area (Å²) >= 11 is 3.32. The van der Waals surface area contributed by atoms with Crippen LogP contribution in [0.25, 0.3) is 0 Å². The predicted octanol–water partition coefficient (Wildman–Crippen LogP) is 1.87. The highest BCUT2D eigenvalue weighted by atomic mass is 79.9. The number of nitrogens with zero attached hydrogens (tertiary/aromatic N) is 2. The molecule has 0 saturated heterocycles. The highest BCUT2D eigenvalue weighted by Gasteiger charge is 2.29. The number of carbonyl (C=O) groups is 2. The number of hydrogen-bond acceptors (Lipinski definition) is 5. The second kappa shape index (κ2) is 6.91. The van der Waals surface area contributed by atoms with Crippen LogP contribution in [-0.4, -0.2) is 35.0 Å². The molecule has 2 aromatic rings. The van der Waals surface area contributed by atoms with Gasteiger partial charge in [-0.05, 0) is 40.9 Å². The summed E-state index contributed by atoms with van der Waals surface area (Å²) in [5, 5.41) is 9.14. The Morgan fingerprint density at radius 3 is 2.57 bits per heavy atom. The van der Waals surface area contributed by atoms with Crippen molar-refractivity contribution in [2.24, 2.45) is 0 Å². The summed E-state index contributed by atoms with van der Waals surface area (Å²) in [7, 11) is 0. The van der Waals surface area contributed by atoms with E-state index in [2.05, 4.69) is 36.7 Å². The molecule has 7 nitrogen and oxygen atoms in total. The van der Waals surface area contributed by atoms with Crippen LogP contribution in [0, 0.1) is 0 Å². The average Bonchev–Trinajstić information content (AvgIpc) is 3.28. The van der Waals surface area contributed by atoms with Gasteiger partial charge in [-0.15, -0.1) is 0 Å². The summed E-state index contributed by atoms with van der Waals surface area (Å²) in [6, 6.07) is 7.13. The fourth-order valence-electron chi connectivity index (χ4n) is 2.00. The smallest absolute Gasteiger partial charge is 0.315 e. The highest BCUT2D eigenvalue weighted by molar-refractivity contribution is 9.10. The second-order valence-corrected chi connectivity index (χ2v) is 6.08. The van der Waals surface area contributed by atoms with E-state index in [1.165, 1.54) is 0 Å². The summed E-state index contributed by atoms with van der Waals surface area (Å²) in [6.45, 7) is 0.575. The lowest BCUT2D eigenvalue weighted by molar-refractivity contribution is 0.0898. The van der Waals surface area contributed by atoms with Crippen molar-refractivity contribution in [3.8, 4) is 0 Å². The molecule has 0 bridgehead atoms. The third kappa shape index (κ3) is 3.95. The van der Waals surface area contributed by atoms with Gasteiger partial charge in [0.05, 0.1) is 5.56 Å². The number of hydrogen-bond donors (Lipinski definition) is 2. The van der Waals surface area contributed by atoms with Crippen molar-refractivity contribution in [1.29, 1.82) is 0 Å². The number of benzene rings is 1. The molecular weight excluding hydrogens is 364 g/mol. The van der Waals surface area contributed by atoms with Crippen molar-refractivity contribution in [2.45, 2.75) is 18.8 Å². The van der Waals surface area contributed by atoms with Crippen LogP contribution < -0.4 is 10.6 Å². The lowest BCUT2D eigenvalue weighted by atomic mass is 10.2. The van der Waals surface area contributed by atoms with E-state index in [0.29, 0.717) is 23.9 Å². The molecule has 120 valence electrons. The zero-order valence-corrected chi connectivity index (χ0v) is 13.8. The van der Waals surface area contributed by atoms with Gasteiger partial charge in [0.15, 0.2) is 5.82 Å². The summed E-state index contributed by atoms with van der Waals surface area (Å²) in [5.74, 6) is 0.255. The molecule has 2 N–H and O–H groups in total. The van der Waals surface area contributed by atoms with E-state index in [1.54, 1.807) is 18.2 Å². The monoisotopic (exact) mass is 378 g/mol. The Bertz CT molecular complexity index is 727. The van der Waals surface area contributed by atoms with Crippen molar-refractivity contribution in [3.63, 3.8) is 0 Å². The molecule has 0 atom stereocenters. The molecule has 1 saturated carbocycles. The van der Waals surface area contributed by atoms with Crippen molar-refractivity contribution in [2.75, 3.05) is 13.1 Å². The number of aromatic nitrogens is 2. The van der Waals surface area contributed by atoms with Crippen LogP contribution in [0.1, 0.15) is 45.6 Å². The van der Waals surface area contributed by atoms with Crippen LogP contribution in [0.4, 0.5) is 0 Å². The van der Waals surface area contributed by atoms with Gasteiger partial charge in [-0.2, -0.15) is 4.98 Å². The Morgan fingerprint density at radius 2 is 1.87 bits per heavy atom. The molecule has 0 aliphatic heterocycles. The first kappa shape index (κ1) is 15.7. The van der Waals surface area contributed by atoms with Gasteiger partial charge in [-0.25, -0.2) is 0 Å². The van der Waals surface area contributed by atoms with Crippen LogP contribution in [0.3, 0.4) is 0 Å². The van der Waals surface area contributed by atoms with Gasteiger partial charge in [0.25, 0.3) is 5.91 Å². The number of carbonyl (C=O) groups excluding carboxylic acids is 2. The largest absolute Gasteiger partial charge is 0.350 e. The number of amides is 2. The van der Waals surface area contributed by atoms with Crippen LogP contribution in [-0.2, 0) is 0 Å². The summed E-state index contributed by atoms with van der Waals surface area (Å²) < 4.78 is 5.65. The maximum atomic E-state index is 12.0. The zero-order valence-electron chi connectivity index (χ0n) is 12.2. The van der Waals surface area contributed by atoms with E-state index in [-0.39, 0.29) is 18.3 Å². The summed E-state index contributed by atoms with van der Waals surface area (Å²) in [4.78, 5) is 27.9. The minimum atomic E-state index is -0.431. The van der Waals surface area contributed by atoms with Crippen molar-refractivity contribution >= 4 is 27.7 Å². The van der Waals surface area contributed by atoms with E-state index >= 15 is 0 Å². The normalized spacial score (nSPS) is 13.6. The molecule has 23 heavy (non-hydrogen) atoms. The fourth-order valence-corrected chi connectivity index (χ4v) is 2.47. The molecule has 3 rings (SSSR count). The minimum absolute atomic E-state index is 0.0379. The van der Waals surface area contributed by atoms with Gasteiger partial charge in [0.1, 0.15) is 0 Å². The average molecular weight is 379 g/mol. The number of halogens is 1. The molecule has 0 unspecified atom stereocenters. The summed E-state index contributed by atoms with van der Waals surface area (Å²) in [5.41, 5.74) is 0.546. The quantitative estimate of drug-likeness (QED) is 0.747. The second-order valence-electron chi connectivity index (χ2n) is 5.22. The molecule has 1 aromatic heterocycles. The Morgan fingerprint density at radius 1 is 1.17 bits per heavy atom.